The van der Waals surface area contributed by atoms with Crippen LogP contribution in [0.25, 0.3) is 0 Å². The van der Waals surface area contributed by atoms with E-state index < -0.39 is 64.9 Å². The molecule has 4 N–H and O–H groups in total. The predicted octanol–water partition coefficient (Wildman–Crippen LogP) is 2.45. The summed E-state index contributed by atoms with van der Waals surface area (Å²) in [5.41, 5.74) is -0.845. The highest BCUT2D eigenvalue weighted by molar-refractivity contribution is 6.39. The molecular weight excluding hydrogens is 626 g/mol. The zero-order valence-electron chi connectivity index (χ0n) is 29.3. The summed E-state index contributed by atoms with van der Waals surface area (Å²) in [4.78, 5) is 93.0. The number of nitrogens with zero attached hydrogens (tertiary/aromatic N) is 3. The molecule has 1 aliphatic heterocycles. The standard InChI is InChI=1S/C36H53N7O6/c1-5-10-26(29(44)33(47)40-23-15-16-23)43(34(48)28-24-14-9-13-22(24)19-39-28)35(49)30(36(2,3)4)42-32(46)27(21-11-7-6-8-12-21)41-31(45)25-20-37-17-18-38-25/h17-18,20-24,26-28,30,39H,5-16,19H2,1-4H3,(H,40,47)(H,41,45)(H,42,46)/t22-,24-,26-,27-,28-,30+/m0/s1. The topological polar surface area (TPSA) is 180 Å². The Balaban J connectivity index is 1.47. The summed E-state index contributed by atoms with van der Waals surface area (Å²) < 4.78 is 0. The van der Waals surface area contributed by atoms with Crippen molar-refractivity contribution >= 4 is 35.3 Å². The highest BCUT2D eigenvalue weighted by Gasteiger charge is 2.50. The average molecular weight is 680 g/mol. The van der Waals surface area contributed by atoms with Crippen molar-refractivity contribution < 1.29 is 28.8 Å². The summed E-state index contributed by atoms with van der Waals surface area (Å²) in [6, 6.07) is -4.29. The van der Waals surface area contributed by atoms with Crippen LogP contribution in [0.3, 0.4) is 0 Å². The zero-order valence-corrected chi connectivity index (χ0v) is 29.3. The second-order valence-corrected chi connectivity index (χ2v) is 15.5. The molecule has 13 nitrogen and oxygen atoms in total. The van der Waals surface area contributed by atoms with Crippen molar-refractivity contribution in [1.29, 1.82) is 0 Å². The van der Waals surface area contributed by atoms with E-state index in [1.165, 1.54) is 18.6 Å². The van der Waals surface area contributed by atoms with Crippen LogP contribution in [-0.4, -0.2) is 86.9 Å². The van der Waals surface area contributed by atoms with Gasteiger partial charge in [0.1, 0.15) is 23.8 Å². The van der Waals surface area contributed by atoms with Gasteiger partial charge >= 0.3 is 0 Å². The summed E-state index contributed by atoms with van der Waals surface area (Å²) in [5, 5.41) is 11.8. The van der Waals surface area contributed by atoms with Crippen molar-refractivity contribution in [3.05, 3.63) is 24.3 Å². The van der Waals surface area contributed by atoms with Crippen molar-refractivity contribution in [3.63, 3.8) is 0 Å². The molecule has 1 aromatic heterocycles. The molecule has 49 heavy (non-hydrogen) atoms. The highest BCUT2D eigenvalue weighted by atomic mass is 16.2. The molecule has 13 heteroatoms. The van der Waals surface area contributed by atoms with Gasteiger partial charge in [-0.25, -0.2) is 4.98 Å². The number of rotatable bonds is 13. The first-order chi connectivity index (χ1) is 23.4. The Morgan fingerprint density at radius 1 is 0.939 bits per heavy atom. The van der Waals surface area contributed by atoms with Crippen LogP contribution in [0.1, 0.15) is 115 Å². The maximum Gasteiger partial charge on any atom is 0.289 e. The van der Waals surface area contributed by atoms with Crippen LogP contribution in [0.4, 0.5) is 0 Å². The number of carbonyl (C=O) groups excluding carboxylic acids is 6. The Kier molecular flexibility index (Phi) is 11.8. The third-order valence-electron chi connectivity index (χ3n) is 10.7. The second-order valence-electron chi connectivity index (χ2n) is 15.5. The zero-order chi connectivity index (χ0) is 35.3. The lowest BCUT2D eigenvalue weighted by Gasteiger charge is -2.39. The van der Waals surface area contributed by atoms with Crippen molar-refractivity contribution in [2.24, 2.45) is 23.2 Å². The smallest absolute Gasteiger partial charge is 0.289 e. The summed E-state index contributed by atoms with van der Waals surface area (Å²) in [7, 11) is 0. The van der Waals surface area contributed by atoms with E-state index in [2.05, 4.69) is 31.2 Å². The van der Waals surface area contributed by atoms with Crippen LogP contribution in [0.2, 0.25) is 0 Å². The fourth-order valence-corrected chi connectivity index (χ4v) is 7.83. The number of aromatic nitrogens is 2. The Morgan fingerprint density at radius 3 is 2.31 bits per heavy atom. The van der Waals surface area contributed by atoms with E-state index in [9.17, 15) is 28.8 Å². The fraction of sp³-hybridized carbons (Fsp3) is 0.722. The Hall–Kier alpha value is -3.74. The molecule has 5 amide bonds. The van der Waals surface area contributed by atoms with Crippen LogP contribution >= 0.6 is 0 Å². The Labute approximate surface area is 288 Å². The number of amides is 5. The lowest BCUT2D eigenvalue weighted by molar-refractivity contribution is -0.158. The predicted molar refractivity (Wildman–Crippen MR) is 181 cm³/mol. The average Bonchev–Trinajstić information content (AvgIpc) is 3.62. The molecule has 0 bridgehead atoms. The first kappa shape index (κ1) is 36.5. The van der Waals surface area contributed by atoms with Crippen LogP contribution < -0.4 is 21.3 Å². The number of ketones is 1. The van der Waals surface area contributed by atoms with Crippen LogP contribution in [0, 0.1) is 23.2 Å². The molecule has 0 spiro atoms. The fourth-order valence-electron chi connectivity index (χ4n) is 7.83. The molecule has 5 rings (SSSR count). The van der Waals surface area contributed by atoms with E-state index in [-0.39, 0.29) is 30.0 Å². The number of imide groups is 1. The van der Waals surface area contributed by atoms with Crippen molar-refractivity contribution in [2.45, 2.75) is 135 Å². The molecular formula is C36H53N7O6. The molecule has 3 aliphatic carbocycles. The molecule has 4 fully saturated rings. The second kappa shape index (κ2) is 15.9. The molecule has 0 unspecified atom stereocenters. The van der Waals surface area contributed by atoms with E-state index in [0.29, 0.717) is 18.9 Å². The third-order valence-corrected chi connectivity index (χ3v) is 10.7. The Morgan fingerprint density at radius 2 is 1.67 bits per heavy atom. The van der Waals surface area contributed by atoms with Gasteiger partial charge in [-0.1, -0.05) is 59.8 Å². The van der Waals surface area contributed by atoms with Crippen molar-refractivity contribution in [2.75, 3.05) is 6.54 Å². The van der Waals surface area contributed by atoms with E-state index in [4.69, 9.17) is 0 Å². The van der Waals surface area contributed by atoms with Gasteiger partial charge in [0.15, 0.2) is 0 Å². The first-order valence-electron chi connectivity index (χ1n) is 18.2. The van der Waals surface area contributed by atoms with E-state index >= 15 is 0 Å². The van der Waals surface area contributed by atoms with Gasteiger partial charge in [0.25, 0.3) is 17.7 Å². The van der Waals surface area contributed by atoms with Gasteiger partial charge in [-0.05, 0) is 74.7 Å². The molecule has 6 atom stereocenters. The quantitative estimate of drug-likeness (QED) is 0.228. The largest absolute Gasteiger partial charge is 0.347 e. The van der Waals surface area contributed by atoms with E-state index in [1.807, 2.05) is 6.92 Å². The van der Waals surface area contributed by atoms with Gasteiger partial charge in [0.05, 0.1) is 12.2 Å². The minimum absolute atomic E-state index is 0.0233. The number of carbonyl (C=O) groups is 6. The van der Waals surface area contributed by atoms with Gasteiger partial charge in [-0.3, -0.25) is 38.7 Å². The van der Waals surface area contributed by atoms with Gasteiger partial charge < -0.3 is 21.3 Å². The summed E-state index contributed by atoms with van der Waals surface area (Å²) in [5.74, 6) is -3.85. The number of nitrogens with one attached hydrogen (secondary N) is 4. The normalized spacial score (nSPS) is 24.2. The minimum Gasteiger partial charge on any atom is -0.347 e. The van der Waals surface area contributed by atoms with Gasteiger partial charge in [-0.15, -0.1) is 0 Å². The number of hydrogen-bond acceptors (Lipinski definition) is 9. The third kappa shape index (κ3) is 8.71. The minimum atomic E-state index is -1.32. The molecule has 268 valence electrons. The lowest BCUT2D eigenvalue weighted by atomic mass is 9.81. The van der Waals surface area contributed by atoms with Gasteiger partial charge in [0.2, 0.25) is 17.6 Å². The van der Waals surface area contributed by atoms with Crippen molar-refractivity contribution in [3.8, 4) is 0 Å². The molecule has 2 heterocycles. The summed E-state index contributed by atoms with van der Waals surface area (Å²) >= 11 is 0. The number of hydrogen-bond donors (Lipinski definition) is 4. The van der Waals surface area contributed by atoms with E-state index in [0.717, 1.165) is 69.1 Å². The maximum absolute atomic E-state index is 14.9. The maximum atomic E-state index is 14.9. The molecule has 1 saturated heterocycles. The summed E-state index contributed by atoms with van der Waals surface area (Å²) in [6.45, 7) is 7.83. The lowest BCUT2D eigenvalue weighted by Crippen LogP contribution is -2.65. The SMILES string of the molecule is CCC[C@@H](C(=O)C(=O)NC1CC1)N(C(=O)[C@H]1NC[C@@H]2CCC[C@@H]21)C(=O)[C@@H](NC(=O)[C@@H](NC(=O)c1cnccn1)C1CCCCC1)C(C)(C)C. The van der Waals surface area contributed by atoms with Gasteiger partial charge in [-0.2, -0.15) is 0 Å². The first-order valence-corrected chi connectivity index (χ1v) is 18.2. The summed E-state index contributed by atoms with van der Waals surface area (Å²) in [6.07, 6.45) is 13.4. The van der Waals surface area contributed by atoms with Crippen molar-refractivity contribution in [1.82, 2.24) is 36.1 Å². The van der Waals surface area contributed by atoms with Crippen LogP contribution in [0.15, 0.2) is 18.6 Å². The molecule has 4 aliphatic rings. The molecule has 1 aromatic rings. The van der Waals surface area contributed by atoms with Crippen LogP contribution in [0.5, 0.6) is 0 Å². The number of fused-ring (bicyclic) bond motifs is 1. The van der Waals surface area contributed by atoms with Crippen LogP contribution in [-0.2, 0) is 24.0 Å². The molecule has 0 aromatic carbocycles. The highest BCUT2D eigenvalue weighted by Crippen LogP contribution is 2.39. The monoisotopic (exact) mass is 679 g/mol. The molecule has 3 saturated carbocycles. The van der Waals surface area contributed by atoms with Gasteiger partial charge in [0, 0.05) is 18.4 Å². The van der Waals surface area contributed by atoms with E-state index in [1.54, 1.807) is 20.8 Å². The molecule has 0 radical (unpaired) electrons. The number of Topliss-reactive ketones (excluding diaryl/α,β-unsaturated/α-hetero) is 1. The Bertz CT molecular complexity index is 1390.